The van der Waals surface area contributed by atoms with Gasteiger partial charge in [-0.15, -0.1) is 0 Å². The van der Waals surface area contributed by atoms with Crippen molar-refractivity contribution in [3.63, 3.8) is 0 Å². The number of pyridine rings is 1. The highest BCUT2D eigenvalue weighted by Gasteiger charge is 2.32. The van der Waals surface area contributed by atoms with Gasteiger partial charge >= 0.3 is 0 Å². The predicted molar refractivity (Wildman–Crippen MR) is 164 cm³/mol. The highest BCUT2D eigenvalue weighted by molar-refractivity contribution is 9.10. The zero-order valence-electron chi connectivity index (χ0n) is 23.5. The van der Waals surface area contributed by atoms with Gasteiger partial charge in [0.05, 0.1) is 15.9 Å². The lowest BCUT2D eigenvalue weighted by Gasteiger charge is -2.21. The van der Waals surface area contributed by atoms with Crippen LogP contribution in [0.2, 0.25) is 0 Å². The number of anilines is 1. The molecule has 0 fully saturated rings. The standard InChI is InChI=1S/C33H31BrN4O3/c1-19-9-8-10-20(15-19)18-38-29-23(27(34)30(38)32(40)35-26-17-25(41-37-26)33(2,3)4)14-13-22-16-24(31(39)36-28(22)29)21-11-6-5-7-12-21/h5-12,15-17H,13-14,18H2,1-4H3,(H,36,39)(H,35,37,40). The van der Waals surface area contributed by atoms with Gasteiger partial charge in [-0.1, -0.05) is 86.1 Å². The summed E-state index contributed by atoms with van der Waals surface area (Å²) in [6.07, 6.45) is 1.47. The van der Waals surface area contributed by atoms with E-state index in [0.29, 0.717) is 29.4 Å². The van der Waals surface area contributed by atoms with Crippen LogP contribution in [0.4, 0.5) is 5.82 Å². The van der Waals surface area contributed by atoms with E-state index in [1.54, 1.807) is 6.07 Å². The maximum atomic E-state index is 13.9. The summed E-state index contributed by atoms with van der Waals surface area (Å²) in [7, 11) is 0. The number of halogens is 1. The van der Waals surface area contributed by atoms with Crippen LogP contribution in [0.25, 0.3) is 22.5 Å². The Hall–Kier alpha value is -4.17. The number of carbonyl (C=O) groups excluding carboxylic acids is 1. The Morgan fingerprint density at radius 3 is 2.56 bits per heavy atom. The van der Waals surface area contributed by atoms with Gasteiger partial charge in [-0.05, 0) is 64.0 Å². The number of H-pyrrole nitrogens is 1. The monoisotopic (exact) mass is 610 g/mol. The molecule has 7 nitrogen and oxygen atoms in total. The van der Waals surface area contributed by atoms with Gasteiger partial charge in [-0.3, -0.25) is 9.59 Å². The molecule has 0 saturated carbocycles. The lowest BCUT2D eigenvalue weighted by molar-refractivity contribution is 0.101. The second-order valence-corrected chi connectivity index (χ2v) is 12.4. The molecule has 0 aliphatic heterocycles. The van der Waals surface area contributed by atoms with Gasteiger partial charge in [0.1, 0.15) is 11.5 Å². The fourth-order valence-electron chi connectivity index (χ4n) is 5.46. The van der Waals surface area contributed by atoms with E-state index < -0.39 is 0 Å². The molecule has 0 radical (unpaired) electrons. The predicted octanol–water partition coefficient (Wildman–Crippen LogP) is 7.27. The molecule has 0 atom stereocenters. The highest BCUT2D eigenvalue weighted by atomic mass is 79.9. The lowest BCUT2D eigenvalue weighted by atomic mass is 9.92. The molecule has 1 aliphatic rings. The average Bonchev–Trinajstić information content (AvgIpc) is 3.51. The average molecular weight is 612 g/mol. The Labute approximate surface area is 246 Å². The van der Waals surface area contributed by atoms with Gasteiger partial charge in [-0.25, -0.2) is 0 Å². The summed E-state index contributed by atoms with van der Waals surface area (Å²) in [5.41, 5.74) is 7.40. The molecule has 5 aromatic rings. The van der Waals surface area contributed by atoms with Gasteiger partial charge in [0.2, 0.25) is 0 Å². The zero-order valence-corrected chi connectivity index (χ0v) is 25.1. The molecule has 1 aliphatic carbocycles. The van der Waals surface area contributed by atoms with Crippen molar-refractivity contribution in [2.75, 3.05) is 5.32 Å². The van der Waals surface area contributed by atoms with Gasteiger partial charge in [0.15, 0.2) is 5.82 Å². The van der Waals surface area contributed by atoms with Crippen LogP contribution >= 0.6 is 15.9 Å². The number of benzene rings is 2. The quantitative estimate of drug-likeness (QED) is 0.219. The van der Waals surface area contributed by atoms with E-state index in [4.69, 9.17) is 4.52 Å². The van der Waals surface area contributed by atoms with E-state index in [9.17, 15) is 9.59 Å². The first-order valence-corrected chi connectivity index (χ1v) is 14.5. The summed E-state index contributed by atoms with van der Waals surface area (Å²) in [6.45, 7) is 8.58. The van der Waals surface area contributed by atoms with Crippen molar-refractivity contribution in [2.24, 2.45) is 0 Å². The molecule has 8 heteroatoms. The molecule has 1 amide bonds. The number of fused-ring (bicyclic) bond motifs is 3. The lowest BCUT2D eigenvalue weighted by Crippen LogP contribution is -2.20. The molecule has 0 spiro atoms. The fraction of sp³-hybridized carbons (Fsp3) is 0.242. The Kier molecular flexibility index (Phi) is 6.82. The fourth-order valence-corrected chi connectivity index (χ4v) is 6.24. The van der Waals surface area contributed by atoms with E-state index in [2.05, 4.69) is 37.5 Å². The van der Waals surface area contributed by atoms with Crippen LogP contribution in [0.5, 0.6) is 0 Å². The number of nitrogens with zero attached hydrogens (tertiary/aromatic N) is 2. The molecule has 6 rings (SSSR count). The van der Waals surface area contributed by atoms with E-state index >= 15 is 0 Å². The van der Waals surface area contributed by atoms with E-state index in [0.717, 1.165) is 56.5 Å². The molecule has 208 valence electrons. The van der Waals surface area contributed by atoms with Gasteiger partial charge < -0.3 is 19.4 Å². The first-order chi connectivity index (χ1) is 19.6. The minimum atomic E-state index is -0.308. The third-order valence-electron chi connectivity index (χ3n) is 7.52. The normalized spacial score (nSPS) is 12.6. The Balaban J connectivity index is 1.49. The SMILES string of the molecule is Cc1cccc(Cn2c(C(=O)Nc3cc(C(C)(C)C)on3)c(Br)c3c2-c2[nH]c(=O)c(-c4ccccc4)cc2CC3)c1. The summed E-state index contributed by atoms with van der Waals surface area (Å²) in [5, 5.41) is 7.03. The summed E-state index contributed by atoms with van der Waals surface area (Å²) < 4.78 is 8.22. The molecule has 2 aromatic carbocycles. The largest absolute Gasteiger partial charge is 0.359 e. The van der Waals surface area contributed by atoms with Crippen LogP contribution in [0, 0.1) is 6.92 Å². The number of aryl methyl sites for hydroxylation is 2. The molecule has 2 N–H and O–H groups in total. The van der Waals surface area contributed by atoms with Gasteiger partial charge in [0.25, 0.3) is 11.5 Å². The maximum Gasteiger partial charge on any atom is 0.274 e. The van der Waals surface area contributed by atoms with Crippen LogP contribution in [0.1, 0.15) is 59.3 Å². The van der Waals surface area contributed by atoms with Crippen LogP contribution in [0.3, 0.4) is 0 Å². The third-order valence-corrected chi connectivity index (χ3v) is 8.37. The number of hydrogen-bond acceptors (Lipinski definition) is 4. The van der Waals surface area contributed by atoms with E-state index in [1.807, 2.05) is 86.9 Å². The van der Waals surface area contributed by atoms with E-state index in [-0.39, 0.29) is 16.9 Å². The minimum Gasteiger partial charge on any atom is -0.359 e. The topological polar surface area (TPSA) is 92.9 Å². The number of carbonyl (C=O) groups is 1. The van der Waals surface area contributed by atoms with Crippen LogP contribution in [-0.2, 0) is 24.8 Å². The maximum absolute atomic E-state index is 13.9. The molecule has 0 bridgehead atoms. The number of rotatable bonds is 5. The van der Waals surface area contributed by atoms with Crippen molar-refractivity contribution < 1.29 is 9.32 Å². The van der Waals surface area contributed by atoms with Crippen molar-refractivity contribution in [3.8, 4) is 22.5 Å². The van der Waals surface area contributed by atoms with Crippen molar-refractivity contribution >= 4 is 27.7 Å². The molecule has 41 heavy (non-hydrogen) atoms. The third kappa shape index (κ3) is 5.08. The second kappa shape index (κ2) is 10.3. The van der Waals surface area contributed by atoms with Crippen LogP contribution in [0.15, 0.2) is 80.5 Å². The van der Waals surface area contributed by atoms with Crippen LogP contribution < -0.4 is 10.9 Å². The molecule has 3 heterocycles. The van der Waals surface area contributed by atoms with Crippen LogP contribution in [-0.4, -0.2) is 20.6 Å². The number of aromatic amines is 1. The summed E-state index contributed by atoms with van der Waals surface area (Å²) >= 11 is 3.77. The number of nitrogens with one attached hydrogen (secondary N) is 2. The summed E-state index contributed by atoms with van der Waals surface area (Å²) in [5.74, 6) is 0.730. The van der Waals surface area contributed by atoms with Crippen molar-refractivity contribution in [3.05, 3.63) is 115 Å². The second-order valence-electron chi connectivity index (χ2n) is 11.6. The smallest absolute Gasteiger partial charge is 0.274 e. The van der Waals surface area contributed by atoms with Gasteiger partial charge in [0, 0.05) is 23.6 Å². The molecular weight excluding hydrogens is 580 g/mol. The van der Waals surface area contributed by atoms with E-state index in [1.165, 1.54) is 0 Å². The Morgan fingerprint density at radius 1 is 1.07 bits per heavy atom. The number of hydrogen-bond donors (Lipinski definition) is 2. The van der Waals surface area contributed by atoms with Crippen molar-refractivity contribution in [1.29, 1.82) is 0 Å². The molecule has 0 saturated heterocycles. The molecule has 3 aromatic heterocycles. The highest BCUT2D eigenvalue weighted by Crippen LogP contribution is 2.41. The van der Waals surface area contributed by atoms with Gasteiger partial charge in [-0.2, -0.15) is 0 Å². The first-order valence-electron chi connectivity index (χ1n) is 13.7. The number of amides is 1. The molecule has 0 unspecified atom stereocenters. The Morgan fingerprint density at radius 2 is 1.85 bits per heavy atom. The summed E-state index contributed by atoms with van der Waals surface area (Å²) in [4.78, 5) is 30.5. The Bertz CT molecular complexity index is 1840. The summed E-state index contributed by atoms with van der Waals surface area (Å²) in [6, 6.07) is 21.7. The number of aromatic nitrogens is 3. The van der Waals surface area contributed by atoms with Crippen molar-refractivity contribution in [1.82, 2.24) is 14.7 Å². The minimum absolute atomic E-state index is 0.162. The molecular formula is C33H31BrN4O3. The zero-order chi connectivity index (χ0) is 28.9. The first kappa shape index (κ1) is 27.0. The van der Waals surface area contributed by atoms with Crippen molar-refractivity contribution in [2.45, 2.75) is 52.5 Å².